The molecular formula is C15H21ClN2O2. The molecule has 20 heavy (non-hydrogen) atoms. The highest BCUT2D eigenvalue weighted by molar-refractivity contribution is 5.85. The minimum atomic E-state index is -0.517. The molecule has 1 fully saturated rings. The third-order valence-electron chi connectivity index (χ3n) is 4.35. The summed E-state index contributed by atoms with van der Waals surface area (Å²) >= 11 is 0. The van der Waals surface area contributed by atoms with Crippen LogP contribution in [0.2, 0.25) is 0 Å². The summed E-state index contributed by atoms with van der Waals surface area (Å²) in [6.45, 7) is 0. The Kier molecular flexibility index (Phi) is 4.68. The number of nitrogens with one attached hydrogen (secondary N) is 1. The molecule has 2 aliphatic carbocycles. The van der Waals surface area contributed by atoms with Gasteiger partial charge in [0.2, 0.25) is 5.91 Å². The lowest BCUT2D eigenvalue weighted by atomic mass is 10.0. The number of carbonyl (C=O) groups is 1. The SMILES string of the molecule is Cl.NC1CCC(C(=O)N[C@H]2c3ccccc3C[C@H]2O)C1. The van der Waals surface area contributed by atoms with Crippen LogP contribution >= 0.6 is 12.4 Å². The minimum Gasteiger partial charge on any atom is -0.390 e. The number of halogens is 1. The van der Waals surface area contributed by atoms with E-state index in [1.165, 1.54) is 0 Å². The van der Waals surface area contributed by atoms with Gasteiger partial charge in [0.1, 0.15) is 0 Å². The Morgan fingerprint density at radius 2 is 2.05 bits per heavy atom. The van der Waals surface area contributed by atoms with Crippen molar-refractivity contribution in [2.24, 2.45) is 11.7 Å². The van der Waals surface area contributed by atoms with Gasteiger partial charge in [-0.1, -0.05) is 24.3 Å². The summed E-state index contributed by atoms with van der Waals surface area (Å²) in [6.07, 6.45) is 2.64. The second-order valence-electron chi connectivity index (χ2n) is 5.73. The van der Waals surface area contributed by atoms with Crippen molar-refractivity contribution in [3.63, 3.8) is 0 Å². The molecule has 0 aromatic heterocycles. The number of hydrogen-bond acceptors (Lipinski definition) is 3. The van der Waals surface area contributed by atoms with Crippen LogP contribution in [0.5, 0.6) is 0 Å². The molecule has 4 nitrogen and oxygen atoms in total. The van der Waals surface area contributed by atoms with E-state index in [0.29, 0.717) is 6.42 Å². The molecule has 4 N–H and O–H groups in total. The van der Waals surface area contributed by atoms with Crippen molar-refractivity contribution in [3.8, 4) is 0 Å². The topological polar surface area (TPSA) is 75.4 Å². The molecule has 110 valence electrons. The highest BCUT2D eigenvalue weighted by Gasteiger charge is 2.35. The van der Waals surface area contributed by atoms with Crippen molar-refractivity contribution >= 4 is 18.3 Å². The lowest BCUT2D eigenvalue weighted by Crippen LogP contribution is -2.37. The summed E-state index contributed by atoms with van der Waals surface area (Å²) in [4.78, 5) is 12.2. The summed E-state index contributed by atoms with van der Waals surface area (Å²) in [5, 5.41) is 13.1. The summed E-state index contributed by atoms with van der Waals surface area (Å²) < 4.78 is 0. The number of amides is 1. The fourth-order valence-electron chi connectivity index (χ4n) is 3.27. The molecule has 0 radical (unpaired) electrons. The molecule has 1 aromatic rings. The molecule has 4 atom stereocenters. The third kappa shape index (κ3) is 2.82. The van der Waals surface area contributed by atoms with Crippen LogP contribution in [0.1, 0.15) is 36.4 Å². The molecule has 1 saturated carbocycles. The first kappa shape index (κ1) is 15.3. The zero-order valence-electron chi connectivity index (χ0n) is 11.3. The number of carbonyl (C=O) groups excluding carboxylic acids is 1. The molecule has 0 spiro atoms. The molecule has 0 aliphatic heterocycles. The highest BCUT2D eigenvalue weighted by atomic mass is 35.5. The number of benzene rings is 1. The molecular weight excluding hydrogens is 276 g/mol. The van der Waals surface area contributed by atoms with Crippen LogP contribution in [-0.4, -0.2) is 23.2 Å². The van der Waals surface area contributed by atoms with Gasteiger partial charge in [-0.25, -0.2) is 0 Å². The maximum absolute atomic E-state index is 12.2. The van der Waals surface area contributed by atoms with E-state index in [1.54, 1.807) is 0 Å². The van der Waals surface area contributed by atoms with Crippen LogP contribution < -0.4 is 11.1 Å². The van der Waals surface area contributed by atoms with Gasteiger partial charge in [-0.3, -0.25) is 4.79 Å². The Hall–Kier alpha value is -1.10. The standard InChI is InChI=1S/C15H20N2O2.ClH/c16-11-6-5-10(7-11)15(19)17-14-12-4-2-1-3-9(12)8-13(14)18;/h1-4,10-11,13-14,18H,5-8,16H2,(H,17,19);1H/t10?,11?,13-,14+;/m1./s1. The van der Waals surface area contributed by atoms with Gasteiger partial charge < -0.3 is 16.2 Å². The predicted molar refractivity (Wildman–Crippen MR) is 79.6 cm³/mol. The zero-order chi connectivity index (χ0) is 13.4. The Morgan fingerprint density at radius 1 is 1.30 bits per heavy atom. The van der Waals surface area contributed by atoms with E-state index in [9.17, 15) is 9.90 Å². The number of aliphatic hydroxyl groups excluding tert-OH is 1. The fraction of sp³-hybridized carbons (Fsp3) is 0.533. The summed E-state index contributed by atoms with van der Waals surface area (Å²) in [7, 11) is 0. The lowest BCUT2D eigenvalue weighted by Gasteiger charge is -2.20. The average molecular weight is 297 g/mol. The van der Waals surface area contributed by atoms with E-state index < -0.39 is 6.10 Å². The van der Waals surface area contributed by atoms with Gasteiger partial charge >= 0.3 is 0 Å². The summed E-state index contributed by atoms with van der Waals surface area (Å²) in [5.41, 5.74) is 8.02. The minimum absolute atomic E-state index is 0. The van der Waals surface area contributed by atoms with E-state index in [1.807, 2.05) is 24.3 Å². The molecule has 0 heterocycles. The quantitative estimate of drug-likeness (QED) is 0.770. The molecule has 1 amide bonds. The zero-order valence-corrected chi connectivity index (χ0v) is 12.1. The van der Waals surface area contributed by atoms with E-state index in [0.717, 1.165) is 30.4 Å². The fourth-order valence-corrected chi connectivity index (χ4v) is 3.27. The van der Waals surface area contributed by atoms with Crippen molar-refractivity contribution in [2.75, 3.05) is 0 Å². The number of fused-ring (bicyclic) bond motifs is 1. The first-order chi connectivity index (χ1) is 9.15. The van der Waals surface area contributed by atoms with E-state index in [-0.39, 0.29) is 36.3 Å². The van der Waals surface area contributed by atoms with E-state index >= 15 is 0 Å². The third-order valence-corrected chi connectivity index (χ3v) is 4.35. The van der Waals surface area contributed by atoms with Gasteiger partial charge in [-0.05, 0) is 30.4 Å². The second-order valence-corrected chi connectivity index (χ2v) is 5.73. The lowest BCUT2D eigenvalue weighted by molar-refractivity contribution is -0.126. The van der Waals surface area contributed by atoms with Gasteiger partial charge in [0.25, 0.3) is 0 Å². The van der Waals surface area contributed by atoms with Gasteiger partial charge in [-0.15, -0.1) is 12.4 Å². The molecule has 2 aliphatic rings. The van der Waals surface area contributed by atoms with Crippen molar-refractivity contribution in [2.45, 2.75) is 43.9 Å². The molecule has 2 unspecified atom stereocenters. The molecule has 5 heteroatoms. The molecule has 0 saturated heterocycles. The van der Waals surface area contributed by atoms with Crippen LogP contribution in [-0.2, 0) is 11.2 Å². The van der Waals surface area contributed by atoms with Crippen LogP contribution in [0.4, 0.5) is 0 Å². The normalized spacial score (nSPS) is 31.5. The van der Waals surface area contributed by atoms with Gasteiger partial charge in [0.15, 0.2) is 0 Å². The first-order valence-corrected chi connectivity index (χ1v) is 6.97. The van der Waals surface area contributed by atoms with Crippen LogP contribution in [0.15, 0.2) is 24.3 Å². The first-order valence-electron chi connectivity index (χ1n) is 6.97. The highest BCUT2D eigenvalue weighted by Crippen LogP contribution is 2.32. The van der Waals surface area contributed by atoms with Gasteiger partial charge in [0.05, 0.1) is 12.1 Å². The van der Waals surface area contributed by atoms with Gasteiger partial charge in [-0.2, -0.15) is 0 Å². The van der Waals surface area contributed by atoms with Crippen molar-refractivity contribution in [3.05, 3.63) is 35.4 Å². The number of nitrogens with two attached hydrogens (primary N) is 1. The smallest absolute Gasteiger partial charge is 0.223 e. The average Bonchev–Trinajstić information content (AvgIpc) is 2.95. The number of hydrogen-bond donors (Lipinski definition) is 3. The Balaban J connectivity index is 0.00000147. The molecule has 3 rings (SSSR count). The monoisotopic (exact) mass is 296 g/mol. The maximum Gasteiger partial charge on any atom is 0.223 e. The Bertz CT molecular complexity index is 495. The Labute approximate surface area is 125 Å². The van der Waals surface area contributed by atoms with Crippen LogP contribution in [0, 0.1) is 5.92 Å². The van der Waals surface area contributed by atoms with Crippen LogP contribution in [0.3, 0.4) is 0 Å². The molecule has 0 bridgehead atoms. The number of rotatable bonds is 2. The Morgan fingerprint density at radius 3 is 2.75 bits per heavy atom. The number of aliphatic hydroxyl groups is 1. The molecule has 1 aromatic carbocycles. The van der Waals surface area contributed by atoms with Gasteiger partial charge in [0, 0.05) is 18.4 Å². The van der Waals surface area contributed by atoms with Crippen molar-refractivity contribution in [1.82, 2.24) is 5.32 Å². The van der Waals surface area contributed by atoms with Crippen molar-refractivity contribution < 1.29 is 9.90 Å². The van der Waals surface area contributed by atoms with Crippen molar-refractivity contribution in [1.29, 1.82) is 0 Å². The predicted octanol–water partition coefficient (Wildman–Crippen LogP) is 1.31. The van der Waals surface area contributed by atoms with E-state index in [2.05, 4.69) is 5.32 Å². The van der Waals surface area contributed by atoms with Crippen LogP contribution in [0.25, 0.3) is 0 Å². The summed E-state index contributed by atoms with van der Waals surface area (Å²) in [6, 6.07) is 7.79. The largest absolute Gasteiger partial charge is 0.390 e. The maximum atomic E-state index is 12.2. The second kappa shape index (κ2) is 6.12. The summed E-state index contributed by atoms with van der Waals surface area (Å²) in [5.74, 6) is 0.0451. The van der Waals surface area contributed by atoms with E-state index in [4.69, 9.17) is 5.73 Å².